The summed E-state index contributed by atoms with van der Waals surface area (Å²) in [6.07, 6.45) is -0.802. The highest BCUT2D eigenvalue weighted by molar-refractivity contribution is 9.10. The van der Waals surface area contributed by atoms with Crippen LogP contribution in [0.15, 0.2) is 53.0 Å². The van der Waals surface area contributed by atoms with Crippen LogP contribution in [-0.4, -0.2) is 12.1 Å². The Morgan fingerprint density at radius 2 is 1.91 bits per heavy atom. The molecular weight excluding hydrogens is 346 g/mol. The lowest BCUT2D eigenvalue weighted by atomic mass is 10.2. The molecule has 2 aromatic carbocycles. The summed E-state index contributed by atoms with van der Waals surface area (Å²) in [6, 6.07) is 16.4. The molecule has 2 rings (SSSR count). The third kappa shape index (κ3) is 4.09. The molecule has 5 heteroatoms. The van der Waals surface area contributed by atoms with Crippen molar-refractivity contribution >= 4 is 21.9 Å². The minimum absolute atomic E-state index is 0.302. The smallest absolute Gasteiger partial charge is 0.343 e. The summed E-state index contributed by atoms with van der Waals surface area (Å²) in [6.45, 7) is 1.84. The van der Waals surface area contributed by atoms with Crippen molar-refractivity contribution in [3.63, 3.8) is 0 Å². The molecule has 0 saturated carbocycles. The standard InChI is InChI=1S/C17H14BrNO3/c1-12(10-19)22-17(20)14-7-3-5-9-16(14)21-11-13-6-2-4-8-15(13)18/h2-9,12H,11H2,1H3/t12-/m0/s1. The van der Waals surface area contributed by atoms with Gasteiger partial charge in [-0.05, 0) is 25.1 Å². The fraction of sp³-hybridized carbons (Fsp3) is 0.176. The lowest BCUT2D eigenvalue weighted by Gasteiger charge is -2.12. The predicted molar refractivity (Wildman–Crippen MR) is 85.4 cm³/mol. The first-order valence-electron chi connectivity index (χ1n) is 6.67. The van der Waals surface area contributed by atoms with Gasteiger partial charge < -0.3 is 9.47 Å². The van der Waals surface area contributed by atoms with E-state index in [0.29, 0.717) is 17.9 Å². The predicted octanol–water partition coefficient (Wildman–Crippen LogP) is 4.10. The lowest BCUT2D eigenvalue weighted by molar-refractivity contribution is 0.0430. The van der Waals surface area contributed by atoms with Crippen LogP contribution in [0.3, 0.4) is 0 Å². The fourth-order valence-electron chi connectivity index (χ4n) is 1.78. The van der Waals surface area contributed by atoms with Crippen molar-refractivity contribution in [1.29, 1.82) is 5.26 Å². The van der Waals surface area contributed by atoms with E-state index in [4.69, 9.17) is 14.7 Å². The Balaban J connectivity index is 2.14. The number of nitriles is 1. The highest BCUT2D eigenvalue weighted by Gasteiger charge is 2.16. The zero-order valence-electron chi connectivity index (χ0n) is 12.0. The maximum atomic E-state index is 12.1. The van der Waals surface area contributed by atoms with Crippen LogP contribution in [0.25, 0.3) is 0 Å². The topological polar surface area (TPSA) is 59.3 Å². The van der Waals surface area contributed by atoms with Gasteiger partial charge in [0, 0.05) is 10.0 Å². The van der Waals surface area contributed by atoms with E-state index in [-0.39, 0.29) is 0 Å². The van der Waals surface area contributed by atoms with E-state index < -0.39 is 12.1 Å². The highest BCUT2D eigenvalue weighted by atomic mass is 79.9. The van der Waals surface area contributed by atoms with Gasteiger partial charge in [0.25, 0.3) is 0 Å². The number of nitrogens with zero attached hydrogens (tertiary/aromatic N) is 1. The van der Waals surface area contributed by atoms with Crippen molar-refractivity contribution in [2.45, 2.75) is 19.6 Å². The average Bonchev–Trinajstić information content (AvgIpc) is 2.54. The maximum Gasteiger partial charge on any atom is 0.343 e. The van der Waals surface area contributed by atoms with E-state index in [1.165, 1.54) is 6.92 Å². The lowest BCUT2D eigenvalue weighted by Crippen LogP contribution is -2.14. The number of carbonyl (C=O) groups is 1. The monoisotopic (exact) mass is 359 g/mol. The second-order valence-corrected chi connectivity index (χ2v) is 5.41. The fourth-order valence-corrected chi connectivity index (χ4v) is 2.18. The number of hydrogen-bond donors (Lipinski definition) is 0. The summed E-state index contributed by atoms with van der Waals surface area (Å²) in [4.78, 5) is 12.1. The zero-order chi connectivity index (χ0) is 15.9. The molecule has 0 radical (unpaired) electrons. The first-order chi connectivity index (χ1) is 10.6. The number of esters is 1. The Morgan fingerprint density at radius 1 is 1.23 bits per heavy atom. The van der Waals surface area contributed by atoms with Crippen LogP contribution in [0.2, 0.25) is 0 Å². The van der Waals surface area contributed by atoms with Gasteiger partial charge in [-0.2, -0.15) is 5.26 Å². The van der Waals surface area contributed by atoms with Crippen molar-refractivity contribution in [1.82, 2.24) is 0 Å². The second kappa shape index (κ2) is 7.62. The van der Waals surface area contributed by atoms with Crippen molar-refractivity contribution < 1.29 is 14.3 Å². The molecule has 0 aliphatic heterocycles. The van der Waals surface area contributed by atoms with E-state index in [1.807, 2.05) is 30.3 Å². The van der Waals surface area contributed by atoms with Crippen LogP contribution in [0.4, 0.5) is 0 Å². The van der Waals surface area contributed by atoms with Gasteiger partial charge in [0.15, 0.2) is 6.10 Å². The molecule has 0 N–H and O–H groups in total. The summed E-state index contributed by atoms with van der Waals surface area (Å²) in [5, 5.41) is 8.72. The van der Waals surface area contributed by atoms with Gasteiger partial charge >= 0.3 is 5.97 Å². The highest BCUT2D eigenvalue weighted by Crippen LogP contribution is 2.23. The molecule has 1 atom stereocenters. The van der Waals surface area contributed by atoms with Gasteiger partial charge in [-0.25, -0.2) is 4.79 Å². The number of halogens is 1. The molecule has 0 unspecified atom stereocenters. The molecule has 0 aromatic heterocycles. The van der Waals surface area contributed by atoms with Gasteiger partial charge in [0.1, 0.15) is 24.0 Å². The molecule has 0 heterocycles. The molecule has 112 valence electrons. The molecule has 0 fully saturated rings. The molecule has 0 bridgehead atoms. The molecule has 2 aromatic rings. The molecule has 22 heavy (non-hydrogen) atoms. The Morgan fingerprint density at radius 3 is 2.64 bits per heavy atom. The Bertz CT molecular complexity index is 709. The SMILES string of the molecule is C[C@@H](C#N)OC(=O)c1ccccc1OCc1ccccc1Br. The zero-order valence-corrected chi connectivity index (χ0v) is 13.5. The second-order valence-electron chi connectivity index (χ2n) is 4.55. The molecule has 4 nitrogen and oxygen atoms in total. The van der Waals surface area contributed by atoms with Crippen LogP contribution >= 0.6 is 15.9 Å². The summed E-state index contributed by atoms with van der Waals surface area (Å²) < 4.78 is 11.7. The molecule has 0 spiro atoms. The van der Waals surface area contributed by atoms with Gasteiger partial charge in [-0.1, -0.05) is 46.3 Å². The molecule has 0 aliphatic rings. The first-order valence-corrected chi connectivity index (χ1v) is 7.47. The van der Waals surface area contributed by atoms with Gasteiger partial charge in [-0.3, -0.25) is 0 Å². The van der Waals surface area contributed by atoms with Gasteiger partial charge in [0.05, 0.1) is 0 Å². The molecule has 0 saturated heterocycles. The summed E-state index contributed by atoms with van der Waals surface area (Å²) >= 11 is 3.45. The first kappa shape index (κ1) is 16.1. The Kier molecular flexibility index (Phi) is 5.56. The summed E-state index contributed by atoms with van der Waals surface area (Å²) in [7, 11) is 0. The molecule has 0 amide bonds. The number of ether oxygens (including phenoxy) is 2. The number of benzene rings is 2. The number of para-hydroxylation sites is 1. The van der Waals surface area contributed by atoms with Crippen LogP contribution in [-0.2, 0) is 11.3 Å². The number of hydrogen-bond acceptors (Lipinski definition) is 4. The quantitative estimate of drug-likeness (QED) is 0.754. The Labute approximate surface area is 137 Å². The number of carbonyl (C=O) groups excluding carboxylic acids is 1. The van der Waals surface area contributed by atoms with E-state index >= 15 is 0 Å². The third-order valence-electron chi connectivity index (χ3n) is 2.91. The van der Waals surface area contributed by atoms with Crippen LogP contribution < -0.4 is 4.74 Å². The van der Waals surface area contributed by atoms with E-state index in [9.17, 15) is 4.79 Å². The van der Waals surface area contributed by atoms with E-state index in [0.717, 1.165) is 10.0 Å². The number of rotatable bonds is 5. The maximum absolute atomic E-state index is 12.1. The largest absolute Gasteiger partial charge is 0.488 e. The van der Waals surface area contributed by atoms with Crippen LogP contribution in [0.1, 0.15) is 22.8 Å². The van der Waals surface area contributed by atoms with Crippen molar-refractivity contribution in [2.75, 3.05) is 0 Å². The van der Waals surface area contributed by atoms with Crippen LogP contribution in [0, 0.1) is 11.3 Å². The average molecular weight is 360 g/mol. The summed E-state index contributed by atoms with van der Waals surface area (Å²) in [5.41, 5.74) is 1.27. The molecular formula is C17H14BrNO3. The Hall–Kier alpha value is -2.32. The normalized spacial score (nSPS) is 11.3. The van der Waals surface area contributed by atoms with Crippen molar-refractivity contribution in [3.05, 3.63) is 64.1 Å². The van der Waals surface area contributed by atoms with Crippen molar-refractivity contribution in [3.8, 4) is 11.8 Å². The van der Waals surface area contributed by atoms with Crippen molar-refractivity contribution in [2.24, 2.45) is 0 Å². The third-order valence-corrected chi connectivity index (χ3v) is 3.69. The minimum Gasteiger partial charge on any atom is -0.488 e. The summed E-state index contributed by atoms with van der Waals surface area (Å²) in [5.74, 6) is -0.148. The van der Waals surface area contributed by atoms with Crippen LogP contribution in [0.5, 0.6) is 5.75 Å². The van der Waals surface area contributed by atoms with Gasteiger partial charge in [-0.15, -0.1) is 0 Å². The van der Waals surface area contributed by atoms with E-state index in [1.54, 1.807) is 24.3 Å². The molecule has 0 aliphatic carbocycles. The van der Waals surface area contributed by atoms with Gasteiger partial charge in [0.2, 0.25) is 0 Å². The van der Waals surface area contributed by atoms with E-state index in [2.05, 4.69) is 15.9 Å². The minimum atomic E-state index is -0.802.